The van der Waals surface area contributed by atoms with Crippen molar-refractivity contribution in [3.8, 4) is 11.3 Å². The Labute approximate surface area is 132 Å². The molecule has 0 spiro atoms. The summed E-state index contributed by atoms with van der Waals surface area (Å²) in [6.45, 7) is 1.20. The average Bonchev–Trinajstić information content (AvgIpc) is 3.25. The van der Waals surface area contributed by atoms with Crippen molar-refractivity contribution in [2.24, 2.45) is 0 Å². The minimum Gasteiger partial charge on any atom is -0.355 e. The van der Waals surface area contributed by atoms with Crippen molar-refractivity contribution in [2.45, 2.75) is 6.04 Å². The molecule has 2 heterocycles. The second kappa shape index (κ2) is 7.03. The van der Waals surface area contributed by atoms with Crippen molar-refractivity contribution in [1.82, 2.24) is 26.6 Å². The molecule has 0 atom stereocenters. The van der Waals surface area contributed by atoms with Gasteiger partial charge >= 0.3 is 0 Å². The molecule has 23 heavy (non-hydrogen) atoms. The highest BCUT2D eigenvalue weighted by Gasteiger charge is 2.18. The van der Waals surface area contributed by atoms with Crippen molar-refractivity contribution >= 4 is 11.8 Å². The lowest BCUT2D eigenvalue weighted by Crippen LogP contribution is -2.44. The smallest absolute Gasteiger partial charge is 0.273 e. The fourth-order valence-corrected chi connectivity index (χ4v) is 2.22. The van der Waals surface area contributed by atoms with Gasteiger partial charge in [0.2, 0.25) is 5.91 Å². The van der Waals surface area contributed by atoms with Gasteiger partial charge in [0.1, 0.15) is 0 Å². The molecule has 8 nitrogen and oxygen atoms in total. The number of hydrogen-bond acceptors (Lipinski definition) is 6. The first kappa shape index (κ1) is 15.2. The van der Waals surface area contributed by atoms with Gasteiger partial charge in [-0.05, 0) is 0 Å². The fraction of sp³-hybridized carbons (Fsp3) is 0.267. The van der Waals surface area contributed by atoms with E-state index in [-0.39, 0.29) is 24.2 Å². The molecule has 0 radical (unpaired) electrons. The Morgan fingerprint density at radius 1 is 1.22 bits per heavy atom. The molecule has 4 N–H and O–H groups in total. The standard InChI is InChI=1S/C15H17N5O3/c21-14(19-11-7-17-18-8-11)9-16-15(22)12-6-13(23-20-12)10-4-2-1-3-5-10/h1-6,11,17-18H,7-9H2,(H,16,22)(H,19,21). The van der Waals surface area contributed by atoms with E-state index in [0.29, 0.717) is 18.8 Å². The lowest BCUT2D eigenvalue weighted by Gasteiger charge is -2.10. The maximum Gasteiger partial charge on any atom is 0.273 e. The summed E-state index contributed by atoms with van der Waals surface area (Å²) in [7, 11) is 0. The molecule has 1 aliphatic rings. The van der Waals surface area contributed by atoms with Crippen LogP contribution < -0.4 is 21.5 Å². The topological polar surface area (TPSA) is 108 Å². The van der Waals surface area contributed by atoms with Crippen LogP contribution in [0.2, 0.25) is 0 Å². The number of rotatable bonds is 5. The van der Waals surface area contributed by atoms with Crippen molar-refractivity contribution in [3.63, 3.8) is 0 Å². The highest BCUT2D eigenvalue weighted by Crippen LogP contribution is 2.19. The average molecular weight is 315 g/mol. The van der Waals surface area contributed by atoms with Crippen molar-refractivity contribution < 1.29 is 14.1 Å². The summed E-state index contributed by atoms with van der Waals surface area (Å²) < 4.78 is 5.16. The molecule has 0 unspecified atom stereocenters. The van der Waals surface area contributed by atoms with E-state index in [9.17, 15) is 9.59 Å². The van der Waals surface area contributed by atoms with Crippen LogP contribution >= 0.6 is 0 Å². The fourth-order valence-electron chi connectivity index (χ4n) is 2.22. The second-order valence-corrected chi connectivity index (χ2v) is 5.15. The van der Waals surface area contributed by atoms with Gasteiger partial charge < -0.3 is 15.2 Å². The van der Waals surface area contributed by atoms with Crippen LogP contribution in [0.1, 0.15) is 10.5 Å². The van der Waals surface area contributed by atoms with E-state index >= 15 is 0 Å². The predicted octanol–water partition coefficient (Wildman–Crippen LogP) is -0.336. The zero-order valence-corrected chi connectivity index (χ0v) is 12.3. The molecular weight excluding hydrogens is 298 g/mol. The lowest BCUT2D eigenvalue weighted by atomic mass is 10.1. The van der Waals surface area contributed by atoms with Crippen LogP contribution in [0.3, 0.4) is 0 Å². The maximum absolute atomic E-state index is 12.0. The van der Waals surface area contributed by atoms with E-state index in [1.54, 1.807) is 6.07 Å². The predicted molar refractivity (Wildman–Crippen MR) is 82.2 cm³/mol. The molecule has 1 aromatic carbocycles. The number of aromatic nitrogens is 1. The molecule has 8 heteroatoms. The van der Waals surface area contributed by atoms with Crippen LogP contribution in [0.15, 0.2) is 40.9 Å². The first-order valence-corrected chi connectivity index (χ1v) is 7.28. The molecule has 0 aliphatic carbocycles. The number of benzene rings is 1. The van der Waals surface area contributed by atoms with Crippen molar-refractivity contribution in [2.75, 3.05) is 19.6 Å². The Kier molecular flexibility index (Phi) is 4.65. The third-order valence-electron chi connectivity index (χ3n) is 3.40. The molecule has 3 rings (SSSR count). The van der Waals surface area contributed by atoms with Gasteiger partial charge in [0, 0.05) is 24.7 Å². The largest absolute Gasteiger partial charge is 0.355 e. The van der Waals surface area contributed by atoms with Crippen molar-refractivity contribution in [3.05, 3.63) is 42.1 Å². The first-order valence-electron chi connectivity index (χ1n) is 7.28. The summed E-state index contributed by atoms with van der Waals surface area (Å²) in [4.78, 5) is 23.7. The minimum absolute atomic E-state index is 0.0242. The molecule has 1 aliphatic heterocycles. The van der Waals surface area contributed by atoms with Gasteiger partial charge in [-0.15, -0.1) is 0 Å². The van der Waals surface area contributed by atoms with E-state index in [1.807, 2.05) is 30.3 Å². The summed E-state index contributed by atoms with van der Waals surface area (Å²) in [5.41, 5.74) is 6.80. The number of nitrogens with one attached hydrogen (secondary N) is 4. The first-order chi connectivity index (χ1) is 11.2. The number of hydrazine groups is 1. The minimum atomic E-state index is -0.450. The van der Waals surface area contributed by atoms with Gasteiger partial charge in [-0.1, -0.05) is 35.5 Å². The Morgan fingerprint density at radius 2 is 1.96 bits per heavy atom. The summed E-state index contributed by atoms with van der Waals surface area (Å²) >= 11 is 0. The van der Waals surface area contributed by atoms with E-state index in [1.165, 1.54) is 0 Å². The number of hydrogen-bond donors (Lipinski definition) is 4. The van der Waals surface area contributed by atoms with E-state index in [4.69, 9.17) is 4.52 Å². The van der Waals surface area contributed by atoms with Crippen LogP contribution in [-0.2, 0) is 4.79 Å². The zero-order chi connectivity index (χ0) is 16.1. The Morgan fingerprint density at radius 3 is 2.70 bits per heavy atom. The molecule has 2 amide bonds. The zero-order valence-electron chi connectivity index (χ0n) is 12.3. The monoisotopic (exact) mass is 315 g/mol. The van der Waals surface area contributed by atoms with E-state index in [2.05, 4.69) is 26.6 Å². The van der Waals surface area contributed by atoms with Crippen LogP contribution in [0.4, 0.5) is 0 Å². The summed E-state index contributed by atoms with van der Waals surface area (Å²) in [5, 5.41) is 9.05. The molecule has 1 saturated heterocycles. The van der Waals surface area contributed by atoms with Gasteiger partial charge in [0.25, 0.3) is 5.91 Å². The quantitative estimate of drug-likeness (QED) is 0.601. The van der Waals surface area contributed by atoms with Crippen molar-refractivity contribution in [1.29, 1.82) is 0 Å². The number of carbonyl (C=O) groups is 2. The van der Waals surface area contributed by atoms with Crippen LogP contribution in [0, 0.1) is 0 Å². The van der Waals surface area contributed by atoms with Gasteiger partial charge in [-0.2, -0.15) is 0 Å². The second-order valence-electron chi connectivity index (χ2n) is 5.15. The maximum atomic E-state index is 12.0. The van der Waals surface area contributed by atoms with Gasteiger partial charge in [-0.25, -0.2) is 0 Å². The van der Waals surface area contributed by atoms with E-state index in [0.717, 1.165) is 5.56 Å². The lowest BCUT2D eigenvalue weighted by molar-refractivity contribution is -0.120. The van der Waals surface area contributed by atoms with Gasteiger partial charge in [0.15, 0.2) is 11.5 Å². The number of nitrogens with zero attached hydrogens (tertiary/aromatic N) is 1. The summed E-state index contributed by atoms with van der Waals surface area (Å²) in [6, 6.07) is 10.9. The van der Waals surface area contributed by atoms with E-state index < -0.39 is 5.91 Å². The number of amides is 2. The SMILES string of the molecule is O=C(CNC(=O)c1cc(-c2ccccc2)on1)NC1CNNC1. The normalized spacial score (nSPS) is 14.6. The van der Waals surface area contributed by atoms with Crippen LogP contribution in [0.25, 0.3) is 11.3 Å². The summed E-state index contributed by atoms with van der Waals surface area (Å²) in [6.07, 6.45) is 0. The third-order valence-corrected chi connectivity index (χ3v) is 3.40. The highest BCUT2D eigenvalue weighted by atomic mass is 16.5. The highest BCUT2D eigenvalue weighted by molar-refractivity contribution is 5.95. The van der Waals surface area contributed by atoms with Gasteiger partial charge in [0.05, 0.1) is 12.6 Å². The third kappa shape index (κ3) is 3.93. The Hall–Kier alpha value is -2.71. The molecule has 2 aromatic rings. The molecule has 0 saturated carbocycles. The van der Waals surface area contributed by atoms with Crippen LogP contribution in [0.5, 0.6) is 0 Å². The Balaban J connectivity index is 1.52. The molecule has 120 valence electrons. The molecule has 1 aromatic heterocycles. The van der Waals surface area contributed by atoms with Crippen LogP contribution in [-0.4, -0.2) is 42.6 Å². The molecule has 0 bridgehead atoms. The van der Waals surface area contributed by atoms with Gasteiger partial charge in [-0.3, -0.25) is 20.4 Å². The summed E-state index contributed by atoms with van der Waals surface area (Å²) in [5.74, 6) is -0.197. The molecular formula is C15H17N5O3. The Bertz CT molecular complexity index is 679. The molecule has 1 fully saturated rings. The number of carbonyl (C=O) groups excluding carboxylic acids is 2.